The molecule has 0 saturated heterocycles. The van der Waals surface area contributed by atoms with Gasteiger partial charge in [0.25, 0.3) is 10.0 Å². The number of nitrogens with two attached hydrogens (primary N) is 1. The van der Waals surface area contributed by atoms with Gasteiger partial charge in [0, 0.05) is 5.69 Å². The van der Waals surface area contributed by atoms with Crippen molar-refractivity contribution in [3.8, 4) is 6.07 Å². The summed E-state index contributed by atoms with van der Waals surface area (Å²) in [5.74, 6) is -3.82. The molecule has 3 aromatic rings. The summed E-state index contributed by atoms with van der Waals surface area (Å²) in [5.41, 5.74) is 6.31. The minimum Gasteiger partial charge on any atom is -0.466 e. The molecule has 1 atom stereocenters. The smallest absolute Gasteiger partial charge is 0.355 e. The number of para-hydroxylation sites is 1. The molecule has 10 nitrogen and oxygen atoms in total. The highest BCUT2D eigenvalue weighted by Crippen LogP contribution is 2.43. The second-order valence-electron chi connectivity index (χ2n) is 8.41. The molecule has 0 fully saturated rings. The Labute approximate surface area is 229 Å². The first-order chi connectivity index (χ1) is 19.1. The number of methoxy groups -OCH3 is 2. The topological polar surface area (TPSA) is 152 Å². The van der Waals surface area contributed by atoms with Gasteiger partial charge in [0.2, 0.25) is 0 Å². The van der Waals surface area contributed by atoms with E-state index in [4.69, 9.17) is 15.2 Å². The number of anilines is 2. The van der Waals surface area contributed by atoms with Crippen molar-refractivity contribution in [3.05, 3.63) is 113 Å². The number of allylic oxidation sites excluding steroid dienone is 1. The van der Waals surface area contributed by atoms with Crippen LogP contribution in [0.4, 0.5) is 15.8 Å². The van der Waals surface area contributed by atoms with Gasteiger partial charge < -0.3 is 15.2 Å². The maximum Gasteiger partial charge on any atom is 0.355 e. The highest BCUT2D eigenvalue weighted by molar-refractivity contribution is 7.92. The third-order valence-corrected chi connectivity index (χ3v) is 7.52. The molecule has 12 heteroatoms. The molecule has 1 aliphatic heterocycles. The number of ether oxygens (including phenoxy) is 2. The van der Waals surface area contributed by atoms with Crippen LogP contribution in [0, 0.1) is 17.1 Å². The van der Waals surface area contributed by atoms with Crippen molar-refractivity contribution in [2.45, 2.75) is 10.8 Å². The fourth-order valence-corrected chi connectivity index (χ4v) is 5.37. The summed E-state index contributed by atoms with van der Waals surface area (Å²) in [6.45, 7) is 0. The summed E-state index contributed by atoms with van der Waals surface area (Å²) >= 11 is 0. The molecule has 3 aromatic carbocycles. The molecule has 1 aliphatic rings. The van der Waals surface area contributed by atoms with Crippen molar-refractivity contribution in [2.24, 2.45) is 5.73 Å². The number of halogens is 1. The maximum absolute atomic E-state index is 14.0. The maximum atomic E-state index is 14.0. The summed E-state index contributed by atoms with van der Waals surface area (Å²) in [4.78, 5) is 27.1. The molecule has 0 bridgehead atoms. The largest absolute Gasteiger partial charge is 0.466 e. The highest BCUT2D eigenvalue weighted by atomic mass is 32.2. The zero-order valence-electron chi connectivity index (χ0n) is 21.3. The van der Waals surface area contributed by atoms with Gasteiger partial charge >= 0.3 is 11.9 Å². The van der Waals surface area contributed by atoms with Crippen LogP contribution in [-0.4, -0.2) is 34.6 Å². The standard InChI is InChI=1S/C28H23FN4O6S/c1-38-27(34)24-23(17-8-4-3-5-9-17)20(16-30)26(31)33(25(24)28(35)39-2)18-12-14-19(15-13-18)40(36,37)32-22-11-7-6-10-21(22)29/h3-15,23,32H,31H2,1-2H3. The number of benzene rings is 3. The molecule has 204 valence electrons. The quantitative estimate of drug-likeness (QED) is 0.412. The fraction of sp³-hybridized carbons (Fsp3) is 0.107. The van der Waals surface area contributed by atoms with Crippen LogP contribution >= 0.6 is 0 Å². The number of esters is 2. The SMILES string of the molecule is COC(=O)C1=C(C(=O)OC)N(c2ccc(S(=O)(=O)Nc3ccccc3F)cc2)C(N)=C(C#N)C1c1ccccc1. The minimum absolute atomic E-state index is 0.0443. The highest BCUT2D eigenvalue weighted by Gasteiger charge is 2.43. The Balaban J connectivity index is 1.87. The molecular formula is C28H23FN4O6S. The molecule has 40 heavy (non-hydrogen) atoms. The summed E-state index contributed by atoms with van der Waals surface area (Å²) in [5, 5.41) is 10.1. The Morgan fingerprint density at radius 1 is 0.950 bits per heavy atom. The van der Waals surface area contributed by atoms with E-state index in [-0.39, 0.29) is 38.9 Å². The van der Waals surface area contributed by atoms with E-state index in [0.29, 0.717) is 5.56 Å². The van der Waals surface area contributed by atoms with Gasteiger partial charge in [0.05, 0.1) is 47.9 Å². The van der Waals surface area contributed by atoms with Crippen molar-refractivity contribution < 1.29 is 31.9 Å². The van der Waals surface area contributed by atoms with E-state index in [1.807, 2.05) is 6.07 Å². The number of rotatable bonds is 7. The average Bonchev–Trinajstić information content (AvgIpc) is 2.97. The van der Waals surface area contributed by atoms with Crippen molar-refractivity contribution in [1.82, 2.24) is 0 Å². The number of sulfonamides is 1. The van der Waals surface area contributed by atoms with E-state index in [2.05, 4.69) is 4.72 Å². The molecule has 1 unspecified atom stereocenters. The molecule has 0 aliphatic carbocycles. The zero-order chi connectivity index (χ0) is 29.0. The number of nitrogens with one attached hydrogen (secondary N) is 1. The van der Waals surface area contributed by atoms with Gasteiger partial charge in [-0.3, -0.25) is 9.62 Å². The van der Waals surface area contributed by atoms with Crippen molar-refractivity contribution >= 4 is 33.3 Å². The Kier molecular flexibility index (Phi) is 7.88. The van der Waals surface area contributed by atoms with E-state index < -0.39 is 33.7 Å². The van der Waals surface area contributed by atoms with E-state index in [1.165, 1.54) is 42.5 Å². The van der Waals surface area contributed by atoms with Crippen LogP contribution in [0.15, 0.2) is 106 Å². The minimum atomic E-state index is -4.20. The lowest BCUT2D eigenvalue weighted by Gasteiger charge is -2.35. The Morgan fingerprint density at radius 2 is 1.55 bits per heavy atom. The monoisotopic (exact) mass is 562 g/mol. The Bertz CT molecular complexity index is 1680. The van der Waals surface area contributed by atoms with Crippen molar-refractivity contribution in [3.63, 3.8) is 0 Å². The third kappa shape index (κ3) is 5.10. The predicted octanol–water partition coefficient (Wildman–Crippen LogP) is 3.52. The normalized spacial score (nSPS) is 15.3. The Hall–Kier alpha value is -5.15. The van der Waals surface area contributed by atoms with Gasteiger partial charge in [0.15, 0.2) is 0 Å². The van der Waals surface area contributed by atoms with E-state index in [0.717, 1.165) is 25.2 Å². The lowest BCUT2D eigenvalue weighted by molar-refractivity contribution is -0.139. The first kappa shape index (κ1) is 27.9. The molecule has 4 rings (SSSR count). The van der Waals surface area contributed by atoms with Crippen LogP contribution < -0.4 is 15.4 Å². The van der Waals surface area contributed by atoms with Crippen LogP contribution in [0.1, 0.15) is 11.5 Å². The molecule has 0 saturated carbocycles. The van der Waals surface area contributed by atoms with Gasteiger partial charge in [-0.1, -0.05) is 42.5 Å². The Morgan fingerprint density at radius 3 is 2.12 bits per heavy atom. The summed E-state index contributed by atoms with van der Waals surface area (Å²) < 4.78 is 51.9. The molecule has 0 spiro atoms. The first-order valence-corrected chi connectivity index (χ1v) is 13.2. The van der Waals surface area contributed by atoms with Gasteiger partial charge in [-0.25, -0.2) is 22.4 Å². The lowest BCUT2D eigenvalue weighted by atomic mass is 9.81. The van der Waals surface area contributed by atoms with Crippen molar-refractivity contribution in [2.75, 3.05) is 23.8 Å². The van der Waals surface area contributed by atoms with E-state index in [9.17, 15) is 27.7 Å². The summed E-state index contributed by atoms with van der Waals surface area (Å²) in [6.07, 6.45) is 0. The van der Waals surface area contributed by atoms with Gasteiger partial charge in [-0.15, -0.1) is 0 Å². The number of hydrogen-bond acceptors (Lipinski definition) is 9. The molecule has 0 aromatic heterocycles. The van der Waals surface area contributed by atoms with Gasteiger partial charge in [-0.05, 0) is 42.0 Å². The van der Waals surface area contributed by atoms with Crippen LogP contribution in [0.3, 0.4) is 0 Å². The molecule has 1 heterocycles. The molecule has 0 amide bonds. The predicted molar refractivity (Wildman–Crippen MR) is 143 cm³/mol. The second-order valence-corrected chi connectivity index (χ2v) is 10.1. The van der Waals surface area contributed by atoms with Crippen LogP contribution in [0.2, 0.25) is 0 Å². The number of nitriles is 1. The van der Waals surface area contributed by atoms with Gasteiger partial charge in [0.1, 0.15) is 17.3 Å². The van der Waals surface area contributed by atoms with Crippen LogP contribution in [0.25, 0.3) is 0 Å². The number of hydrogen-bond donors (Lipinski definition) is 2. The van der Waals surface area contributed by atoms with Gasteiger partial charge in [-0.2, -0.15) is 5.26 Å². The van der Waals surface area contributed by atoms with E-state index >= 15 is 0 Å². The zero-order valence-corrected chi connectivity index (χ0v) is 22.1. The van der Waals surface area contributed by atoms with Crippen LogP contribution in [-0.2, 0) is 29.1 Å². The second kappa shape index (κ2) is 11.3. The lowest BCUT2D eigenvalue weighted by Crippen LogP contribution is -2.40. The summed E-state index contributed by atoms with van der Waals surface area (Å²) in [7, 11) is -1.96. The van der Waals surface area contributed by atoms with Crippen LogP contribution in [0.5, 0.6) is 0 Å². The number of carbonyl (C=O) groups is 2. The fourth-order valence-electron chi connectivity index (χ4n) is 4.30. The van der Waals surface area contributed by atoms with Crippen molar-refractivity contribution in [1.29, 1.82) is 5.26 Å². The van der Waals surface area contributed by atoms with E-state index in [1.54, 1.807) is 30.3 Å². The first-order valence-electron chi connectivity index (χ1n) is 11.7. The third-order valence-electron chi connectivity index (χ3n) is 6.13. The molecule has 0 radical (unpaired) electrons. The molecule has 3 N–H and O–H groups in total. The number of carbonyl (C=O) groups excluding carboxylic acids is 2. The average molecular weight is 563 g/mol. The molecular weight excluding hydrogens is 539 g/mol. The number of nitrogens with zero attached hydrogens (tertiary/aromatic N) is 2. The summed E-state index contributed by atoms with van der Waals surface area (Å²) in [6, 6.07) is 20.9.